The first-order chi connectivity index (χ1) is 12.2. The van der Waals surface area contributed by atoms with Gasteiger partial charge in [-0.3, -0.25) is 4.79 Å². The van der Waals surface area contributed by atoms with Crippen molar-refractivity contribution in [1.82, 2.24) is 0 Å². The number of aliphatic hydroxyl groups excluding tert-OH is 3. The van der Waals surface area contributed by atoms with Crippen LogP contribution in [0, 0.1) is 5.92 Å². The number of hydrogen-bond donors (Lipinski definition) is 4. The highest BCUT2D eigenvalue weighted by atomic mass is 16.3. The number of hydrogen-bond acceptors (Lipinski definition) is 5. The van der Waals surface area contributed by atoms with Crippen LogP contribution in [0.1, 0.15) is 52.9 Å². The normalized spacial score (nSPS) is 30.8. The fourth-order valence-corrected chi connectivity index (χ4v) is 3.64. The van der Waals surface area contributed by atoms with Gasteiger partial charge in [0, 0.05) is 17.9 Å². The summed E-state index contributed by atoms with van der Waals surface area (Å²) in [5.74, 6) is -0.711. The van der Waals surface area contributed by atoms with Crippen molar-refractivity contribution in [3.05, 3.63) is 46.3 Å². The molecule has 0 radical (unpaired) electrons. The molecule has 2 aliphatic carbocycles. The molecule has 0 heterocycles. The van der Waals surface area contributed by atoms with Crippen molar-refractivity contribution in [1.29, 1.82) is 0 Å². The fourth-order valence-electron chi connectivity index (χ4n) is 3.64. The number of carbonyl (C=O) groups excluding carboxylic acids is 1. The van der Waals surface area contributed by atoms with Gasteiger partial charge in [0.05, 0.1) is 12.2 Å². The molecular weight excluding hydrogens is 332 g/mol. The highest BCUT2D eigenvalue weighted by molar-refractivity contribution is 5.97. The van der Waals surface area contributed by atoms with Gasteiger partial charge < -0.3 is 20.4 Å². The summed E-state index contributed by atoms with van der Waals surface area (Å²) in [6.45, 7) is 5.60. The van der Waals surface area contributed by atoms with E-state index in [1.807, 2.05) is 32.1 Å². The van der Waals surface area contributed by atoms with Gasteiger partial charge in [0.2, 0.25) is 0 Å². The number of allylic oxidation sites excluding steroid dienone is 4. The topological polar surface area (TPSA) is 98.0 Å². The second-order valence-electron chi connectivity index (χ2n) is 7.65. The van der Waals surface area contributed by atoms with Crippen LogP contribution in [0.3, 0.4) is 0 Å². The molecule has 0 aliphatic heterocycles. The minimum absolute atomic E-state index is 0.0325. The van der Waals surface area contributed by atoms with Crippen molar-refractivity contribution in [3.63, 3.8) is 0 Å². The number of carbonyl (C=O) groups is 1. The van der Waals surface area contributed by atoms with E-state index < -0.39 is 11.7 Å². The Hall–Kier alpha value is -1.69. The lowest BCUT2D eigenvalue weighted by Gasteiger charge is -2.31. The molecule has 5 heteroatoms. The summed E-state index contributed by atoms with van der Waals surface area (Å²) in [6.07, 6.45) is 6.81. The van der Waals surface area contributed by atoms with Gasteiger partial charge in [-0.1, -0.05) is 29.4 Å². The molecule has 3 unspecified atom stereocenters. The van der Waals surface area contributed by atoms with Crippen molar-refractivity contribution in [3.8, 4) is 0 Å². The standard InChI is InChI=1S/C21H30O5/c1-13(12-22)5-4-6-14(2)15-9-10-21(3,26)17(15)11-16-18(23)7-8-19(24)20(16)25/h5-6,9,17,19,22,24-26H,4,7-8,10-12H2,1-3H3/b13-5+,14-6-. The number of ketones is 1. The summed E-state index contributed by atoms with van der Waals surface area (Å²) in [5, 5.41) is 39.9. The van der Waals surface area contributed by atoms with Gasteiger partial charge in [0.15, 0.2) is 5.78 Å². The predicted octanol–water partition coefficient (Wildman–Crippen LogP) is 2.88. The second-order valence-corrected chi connectivity index (χ2v) is 7.65. The van der Waals surface area contributed by atoms with Gasteiger partial charge in [-0.2, -0.15) is 0 Å². The summed E-state index contributed by atoms with van der Waals surface area (Å²) in [5.41, 5.74) is 2.12. The first-order valence-electron chi connectivity index (χ1n) is 9.16. The van der Waals surface area contributed by atoms with E-state index in [2.05, 4.69) is 0 Å². The fraction of sp³-hybridized carbons (Fsp3) is 0.571. The predicted molar refractivity (Wildman–Crippen MR) is 101 cm³/mol. The van der Waals surface area contributed by atoms with Crippen LogP contribution >= 0.6 is 0 Å². The van der Waals surface area contributed by atoms with Gasteiger partial charge in [-0.25, -0.2) is 0 Å². The molecule has 0 fully saturated rings. The molecule has 0 aromatic carbocycles. The summed E-state index contributed by atoms with van der Waals surface area (Å²) in [7, 11) is 0. The minimum atomic E-state index is -1.00. The number of rotatable bonds is 6. The molecule has 0 saturated heterocycles. The van der Waals surface area contributed by atoms with Crippen LogP contribution in [0.4, 0.5) is 0 Å². The third-order valence-corrected chi connectivity index (χ3v) is 5.47. The molecule has 4 N–H and O–H groups in total. The molecule has 26 heavy (non-hydrogen) atoms. The Balaban J connectivity index is 2.24. The van der Waals surface area contributed by atoms with E-state index in [0.717, 1.165) is 16.7 Å². The molecule has 0 amide bonds. The van der Waals surface area contributed by atoms with Crippen LogP contribution in [0.25, 0.3) is 0 Å². The second kappa shape index (κ2) is 8.33. The molecular formula is C21H30O5. The Kier molecular flexibility index (Phi) is 6.61. The molecule has 144 valence electrons. The zero-order valence-electron chi connectivity index (χ0n) is 15.8. The Morgan fingerprint density at radius 2 is 2.04 bits per heavy atom. The van der Waals surface area contributed by atoms with Gasteiger partial charge in [-0.15, -0.1) is 0 Å². The summed E-state index contributed by atoms with van der Waals surface area (Å²) >= 11 is 0. The zero-order valence-corrected chi connectivity index (χ0v) is 15.8. The lowest BCUT2D eigenvalue weighted by molar-refractivity contribution is -0.117. The molecule has 3 atom stereocenters. The number of Topliss-reactive ketones (excluding diaryl/α,β-unsaturated/α-hetero) is 1. The van der Waals surface area contributed by atoms with E-state index in [-0.39, 0.29) is 48.9 Å². The number of aliphatic hydroxyl groups is 4. The largest absolute Gasteiger partial charge is 0.509 e. The van der Waals surface area contributed by atoms with Crippen LogP contribution in [0.2, 0.25) is 0 Å². The monoisotopic (exact) mass is 362 g/mol. The average Bonchev–Trinajstić information content (AvgIpc) is 2.89. The summed E-state index contributed by atoms with van der Waals surface area (Å²) in [6, 6.07) is 0. The van der Waals surface area contributed by atoms with Crippen molar-refractivity contribution >= 4 is 5.78 Å². The highest BCUT2D eigenvalue weighted by Gasteiger charge is 2.41. The van der Waals surface area contributed by atoms with Crippen molar-refractivity contribution in [2.24, 2.45) is 5.92 Å². The van der Waals surface area contributed by atoms with E-state index in [0.29, 0.717) is 12.8 Å². The van der Waals surface area contributed by atoms with Gasteiger partial charge in [-0.05, 0) is 52.0 Å². The maximum atomic E-state index is 12.2. The van der Waals surface area contributed by atoms with Crippen LogP contribution in [-0.2, 0) is 4.79 Å². The van der Waals surface area contributed by atoms with E-state index in [4.69, 9.17) is 5.11 Å². The average molecular weight is 362 g/mol. The van der Waals surface area contributed by atoms with Crippen LogP contribution in [0.5, 0.6) is 0 Å². The van der Waals surface area contributed by atoms with Crippen LogP contribution in [-0.4, -0.2) is 44.5 Å². The molecule has 0 aromatic rings. The van der Waals surface area contributed by atoms with Crippen LogP contribution in [0.15, 0.2) is 46.3 Å². The van der Waals surface area contributed by atoms with Crippen molar-refractivity contribution in [2.45, 2.75) is 64.6 Å². The minimum Gasteiger partial charge on any atom is -0.509 e. The first-order valence-corrected chi connectivity index (χ1v) is 9.16. The van der Waals surface area contributed by atoms with E-state index in [9.17, 15) is 20.1 Å². The van der Waals surface area contributed by atoms with E-state index in [1.54, 1.807) is 6.92 Å². The SMILES string of the molecule is C/C(=C/C/C=C(\C)CO)C1=CCC(C)(O)C1CC1=C(O)C(O)CCC1=O. The zero-order chi connectivity index (χ0) is 19.5. The maximum absolute atomic E-state index is 12.2. The maximum Gasteiger partial charge on any atom is 0.162 e. The van der Waals surface area contributed by atoms with Gasteiger partial charge in [0.25, 0.3) is 0 Å². The summed E-state index contributed by atoms with van der Waals surface area (Å²) < 4.78 is 0. The highest BCUT2D eigenvalue weighted by Crippen LogP contribution is 2.43. The Morgan fingerprint density at radius 1 is 1.35 bits per heavy atom. The van der Waals surface area contributed by atoms with Crippen LogP contribution < -0.4 is 0 Å². The molecule has 2 rings (SSSR count). The molecule has 2 aliphatic rings. The third kappa shape index (κ3) is 4.53. The van der Waals surface area contributed by atoms with Crippen molar-refractivity contribution in [2.75, 3.05) is 6.61 Å². The van der Waals surface area contributed by atoms with E-state index >= 15 is 0 Å². The van der Waals surface area contributed by atoms with Crippen molar-refractivity contribution < 1.29 is 25.2 Å². The Bertz CT molecular complexity index is 679. The lowest BCUT2D eigenvalue weighted by atomic mass is 9.78. The van der Waals surface area contributed by atoms with E-state index in [1.165, 1.54) is 0 Å². The first kappa shape index (κ1) is 20.6. The molecule has 0 spiro atoms. The van der Waals surface area contributed by atoms with Gasteiger partial charge in [0.1, 0.15) is 11.9 Å². The quantitative estimate of drug-likeness (QED) is 0.545. The lowest BCUT2D eigenvalue weighted by Crippen LogP contribution is -2.34. The molecule has 5 nitrogen and oxygen atoms in total. The summed E-state index contributed by atoms with van der Waals surface area (Å²) in [4.78, 5) is 12.2. The Labute approximate surface area is 155 Å². The smallest absolute Gasteiger partial charge is 0.162 e. The Morgan fingerprint density at radius 3 is 2.69 bits per heavy atom. The molecule has 0 saturated carbocycles. The van der Waals surface area contributed by atoms with Gasteiger partial charge >= 0.3 is 0 Å². The molecule has 0 aromatic heterocycles. The molecule has 0 bridgehead atoms. The third-order valence-electron chi connectivity index (χ3n) is 5.47.